The number of fused-ring (bicyclic) bond motifs is 2. The van der Waals surface area contributed by atoms with Gasteiger partial charge in [0.05, 0.1) is 31.3 Å². The van der Waals surface area contributed by atoms with Gasteiger partial charge in [0.2, 0.25) is 47.3 Å². The Morgan fingerprint density at radius 3 is 1.92 bits per heavy atom. The fraction of sp³-hybridized carbons (Fsp3) is 0.736. The zero-order valence-corrected chi connectivity index (χ0v) is 53.5. The van der Waals surface area contributed by atoms with Crippen molar-refractivity contribution >= 4 is 55.1 Å². The Morgan fingerprint density at radius 2 is 1.34 bits per heavy atom. The normalized spacial score (nSPS) is 27.4. The molecule has 3 fully saturated rings. The number of carbonyl (C=O) groups is 8. The molecule has 15 atom stereocenters. The van der Waals surface area contributed by atoms with Crippen LogP contribution in [0.2, 0.25) is 0 Å². The van der Waals surface area contributed by atoms with Crippen molar-refractivity contribution in [2.45, 2.75) is 210 Å². The van der Waals surface area contributed by atoms with Crippen LogP contribution >= 0.6 is 7.82 Å². The van der Waals surface area contributed by atoms with Crippen molar-refractivity contribution in [2.75, 3.05) is 19.7 Å². The van der Waals surface area contributed by atoms with Gasteiger partial charge >= 0.3 is 59.1 Å². The Kier molecular flexibility index (Phi) is 33.5. The summed E-state index contributed by atoms with van der Waals surface area (Å²) in [6.07, 6.45) is -0.989. The number of rotatable bonds is 25. The number of nitrogens with two attached hydrogens (primary N) is 1. The first kappa shape index (κ1) is 75.7. The van der Waals surface area contributed by atoms with E-state index < -0.39 is 179 Å². The number of nitrogens with one attached hydrogen (secondary N) is 5. The third-order valence-electron chi connectivity index (χ3n) is 15.1. The third kappa shape index (κ3) is 24.0. The van der Waals surface area contributed by atoms with Gasteiger partial charge in [0.25, 0.3) is 0 Å². The molecule has 3 heterocycles. The molecule has 0 aromatic heterocycles. The average Bonchev–Trinajstić information content (AvgIpc) is 4.16. The molecule has 1 aromatic rings. The summed E-state index contributed by atoms with van der Waals surface area (Å²) < 4.78 is 15.6. The first-order valence-corrected chi connectivity index (χ1v) is 29.5. The average molecular weight is 1220 g/mol. The zero-order chi connectivity index (χ0) is 60.3. The molecule has 3 aliphatic rings. The van der Waals surface area contributed by atoms with Crippen LogP contribution in [0.25, 0.3) is 0 Å². The second-order valence-corrected chi connectivity index (χ2v) is 23.2. The molecule has 0 saturated carbocycles. The number of benzene rings is 1. The Labute approximate surface area is 528 Å². The molecule has 0 aliphatic carbocycles. The maximum Gasteiger partial charge on any atom is 1.00 e. The minimum absolute atomic E-state index is 0. The molecule has 14 N–H and O–H groups in total. The Morgan fingerprint density at radius 1 is 0.759 bits per heavy atom. The molecule has 4 rings (SSSR count). The van der Waals surface area contributed by atoms with Crippen LogP contribution in [-0.2, 0) is 42.9 Å². The number of carbonyl (C=O) groups excluding carboxylic acids is 8. The summed E-state index contributed by atoms with van der Waals surface area (Å²) in [5.41, 5.74) is 5.05. The minimum Gasteiger partial charge on any atom is -0.780 e. The van der Waals surface area contributed by atoms with E-state index in [0.29, 0.717) is 29.6 Å². The number of phosphoric acid groups is 1. The number of aliphatic hydroxyl groups is 7. The van der Waals surface area contributed by atoms with E-state index in [1.807, 2.05) is 0 Å². The molecule has 0 spiro atoms. The quantitative estimate of drug-likeness (QED) is 0.0246. The molecule has 3 saturated heterocycles. The van der Waals surface area contributed by atoms with Gasteiger partial charge in [-0.05, 0) is 42.4 Å². The molecule has 30 heteroatoms. The molecule has 0 bridgehead atoms. The van der Waals surface area contributed by atoms with Gasteiger partial charge in [-0.2, -0.15) is 0 Å². The van der Waals surface area contributed by atoms with Crippen LogP contribution in [0.5, 0.6) is 5.75 Å². The van der Waals surface area contributed by atoms with Gasteiger partial charge in [0, 0.05) is 38.3 Å². The molecule has 3 aliphatic heterocycles. The molecule has 0 radical (unpaired) electrons. The Balaban J connectivity index is 0.0000118. The van der Waals surface area contributed by atoms with Gasteiger partial charge in [-0.25, -0.2) is 0 Å². The Hall–Kier alpha value is -3.35. The standard InChI is InChI=1S/C53H87N8O19P.2Na/c1-5-6-7-12-15-29(2)22-30(3)16-13-10-8-9-11-14-17-41(67)55-35-24-39(65)49(72)59-51(74)44-45(68)31(4)26-61(44)53(76)42(38(64)25-40(54)66)57-50(73)43(46(69)32-18-20-34(21-19-32)80-81(77,78)79)58-48(71)37-23-33(63)27-60(37)52(75)36(28-62)56-47(35)70;;/h18-21,29-31,33,35-39,42-46,49,62-65,68-69,72H,5-17,22-28H2,1-4H3,(H2,54,66)(H,55,67)(H,56,70)(H,57,73)(H,58,71)(H,59,74)(H2,77,78,79);;/q;2*+1/p-2/t29?,30?,31-,33+,35-,36-,37-,38?,39+,42-,43-,44-,45-,46?,49+;;/m0../s1. The van der Waals surface area contributed by atoms with Gasteiger partial charge < -0.3 is 96.7 Å². The van der Waals surface area contributed by atoms with E-state index in [1.54, 1.807) is 0 Å². The predicted molar refractivity (Wildman–Crippen MR) is 284 cm³/mol. The van der Waals surface area contributed by atoms with E-state index in [4.69, 9.17) is 5.73 Å². The topological polar surface area (TPSA) is 443 Å². The number of unbranched alkanes of at least 4 members (excludes halogenated alkanes) is 8. The van der Waals surface area contributed by atoms with Gasteiger partial charge in [-0.15, -0.1) is 0 Å². The molecular weight excluding hydrogens is 1130 g/mol. The molecule has 27 nitrogen and oxygen atoms in total. The van der Waals surface area contributed by atoms with E-state index in [9.17, 15) is 88.5 Å². The van der Waals surface area contributed by atoms with Crippen molar-refractivity contribution in [1.29, 1.82) is 0 Å². The molecule has 4 unspecified atom stereocenters. The largest absolute Gasteiger partial charge is 1.00 e. The van der Waals surface area contributed by atoms with Crippen LogP contribution in [0.3, 0.4) is 0 Å². The van der Waals surface area contributed by atoms with Gasteiger partial charge in [0.15, 0.2) is 6.23 Å². The maximum atomic E-state index is 14.5. The van der Waals surface area contributed by atoms with E-state index >= 15 is 0 Å². The number of primary amides is 1. The monoisotopic (exact) mass is 1210 g/mol. The number of hydrogen-bond acceptors (Lipinski definition) is 19. The van der Waals surface area contributed by atoms with Crippen LogP contribution in [0.4, 0.5) is 0 Å². The molecule has 1 aromatic carbocycles. The summed E-state index contributed by atoms with van der Waals surface area (Å²) in [7, 11) is -5.58. The zero-order valence-electron chi connectivity index (χ0n) is 48.6. The van der Waals surface area contributed by atoms with Crippen molar-refractivity contribution < 1.29 is 152 Å². The van der Waals surface area contributed by atoms with Gasteiger partial charge in [0.1, 0.15) is 62.0 Å². The predicted octanol–water partition coefficient (Wildman–Crippen LogP) is -8.77. The van der Waals surface area contributed by atoms with Gasteiger partial charge in [-0.3, -0.25) is 38.4 Å². The molecule has 83 heavy (non-hydrogen) atoms. The van der Waals surface area contributed by atoms with E-state index in [1.165, 1.54) is 45.4 Å². The number of amides is 8. The number of aliphatic hydroxyl groups excluding tert-OH is 7. The van der Waals surface area contributed by atoms with E-state index in [-0.39, 0.29) is 71.1 Å². The van der Waals surface area contributed by atoms with Crippen LogP contribution in [0.1, 0.15) is 149 Å². The second-order valence-electron chi connectivity index (χ2n) is 22.1. The fourth-order valence-corrected chi connectivity index (χ4v) is 11.1. The summed E-state index contributed by atoms with van der Waals surface area (Å²) in [5.74, 6) is -9.87. The molecule has 458 valence electrons. The summed E-state index contributed by atoms with van der Waals surface area (Å²) in [4.78, 5) is 135. The van der Waals surface area contributed by atoms with Crippen LogP contribution in [-0.4, -0.2) is 179 Å². The summed E-state index contributed by atoms with van der Waals surface area (Å²) >= 11 is 0. The van der Waals surface area contributed by atoms with Crippen molar-refractivity contribution in [1.82, 2.24) is 36.4 Å². The maximum absolute atomic E-state index is 14.5. The first-order chi connectivity index (χ1) is 38.1. The number of hydrogen-bond donors (Lipinski definition) is 13. The van der Waals surface area contributed by atoms with E-state index in [2.05, 4.69) is 51.9 Å². The van der Waals surface area contributed by atoms with Crippen molar-refractivity contribution in [2.24, 2.45) is 23.5 Å². The van der Waals surface area contributed by atoms with E-state index in [0.717, 1.165) is 61.3 Å². The smallest absolute Gasteiger partial charge is 0.780 e. The summed E-state index contributed by atoms with van der Waals surface area (Å²) in [6.45, 7) is 5.99. The molecule has 8 amide bonds. The SMILES string of the molecule is CCCCCCC(C)CC(C)CCCCCCCCC(=O)N[C@H]1C[C@@H](O)[C@@H](O)NC(=O)[C@@H]2[C@@H](O)[C@@H](C)CN2C(=O)[C@H](C(O)CC(N)=O)NC(=O)[C@H](C(O)c2ccc(OP(=O)([O-])[O-])cc2)NC(=O)[C@@H]2C[C@@H](O)CN2C(=O)[C@H](CO)NC1=O.[Na+].[Na+]. The van der Waals surface area contributed by atoms with Crippen LogP contribution in [0, 0.1) is 17.8 Å². The van der Waals surface area contributed by atoms with Crippen molar-refractivity contribution in [3.05, 3.63) is 29.8 Å². The van der Waals surface area contributed by atoms with Crippen molar-refractivity contribution in [3.8, 4) is 5.75 Å². The fourth-order valence-electron chi connectivity index (χ4n) is 10.7. The van der Waals surface area contributed by atoms with Crippen molar-refractivity contribution in [3.63, 3.8) is 0 Å². The third-order valence-corrected chi connectivity index (χ3v) is 15.6. The number of phosphoric ester groups is 1. The van der Waals surface area contributed by atoms with Crippen LogP contribution < -0.4 is 106 Å². The number of nitrogens with zero attached hydrogens (tertiary/aromatic N) is 2. The Bertz CT molecular complexity index is 2330. The summed E-state index contributed by atoms with van der Waals surface area (Å²) in [5, 5.41) is 89.4. The van der Waals surface area contributed by atoms with Crippen LogP contribution in [0.15, 0.2) is 24.3 Å². The molecular formula is C53H85N8Na2O19P. The summed E-state index contributed by atoms with van der Waals surface area (Å²) in [6, 6.07) is -8.23. The second kappa shape index (κ2) is 36.7. The first-order valence-electron chi connectivity index (χ1n) is 28.1. The minimum atomic E-state index is -5.58. The van der Waals surface area contributed by atoms with Gasteiger partial charge in [-0.1, -0.05) is 110 Å².